The Hall–Kier alpha value is -3.06. The van der Waals surface area contributed by atoms with Gasteiger partial charge in [-0.25, -0.2) is 4.98 Å². The SMILES string of the molecule is Cc1ccn2cc(CC(=O)N3CCN(Cc4ccc5c(c4)OCO5)CC3)nc2c1. The third-order valence-corrected chi connectivity index (χ3v) is 5.57. The first kappa shape index (κ1) is 18.0. The molecule has 0 aliphatic carbocycles. The van der Waals surface area contributed by atoms with Gasteiger partial charge in [-0.3, -0.25) is 9.69 Å². The zero-order valence-corrected chi connectivity index (χ0v) is 16.5. The number of nitrogens with zero attached hydrogens (tertiary/aromatic N) is 4. The monoisotopic (exact) mass is 392 g/mol. The molecule has 4 heterocycles. The van der Waals surface area contributed by atoms with Crippen molar-refractivity contribution in [2.24, 2.45) is 0 Å². The molecule has 1 aromatic carbocycles. The van der Waals surface area contributed by atoms with Crippen molar-refractivity contribution in [3.8, 4) is 11.5 Å². The highest BCUT2D eigenvalue weighted by Gasteiger charge is 2.22. The van der Waals surface area contributed by atoms with Gasteiger partial charge in [-0.2, -0.15) is 0 Å². The maximum absolute atomic E-state index is 12.7. The van der Waals surface area contributed by atoms with E-state index < -0.39 is 0 Å². The minimum Gasteiger partial charge on any atom is -0.454 e. The Balaban J connectivity index is 1.16. The fraction of sp³-hybridized carbons (Fsp3) is 0.364. The number of ether oxygens (including phenoxy) is 2. The van der Waals surface area contributed by atoms with Gasteiger partial charge < -0.3 is 18.8 Å². The fourth-order valence-corrected chi connectivity index (χ4v) is 3.94. The molecule has 2 aliphatic heterocycles. The second-order valence-corrected chi connectivity index (χ2v) is 7.72. The number of fused-ring (bicyclic) bond motifs is 2. The summed E-state index contributed by atoms with van der Waals surface area (Å²) in [5.74, 6) is 1.78. The van der Waals surface area contributed by atoms with Crippen molar-refractivity contribution >= 4 is 11.6 Å². The van der Waals surface area contributed by atoms with E-state index in [1.54, 1.807) is 0 Å². The van der Waals surface area contributed by atoms with Crippen LogP contribution < -0.4 is 9.47 Å². The number of hydrogen-bond donors (Lipinski definition) is 0. The van der Waals surface area contributed by atoms with Crippen molar-refractivity contribution in [1.29, 1.82) is 0 Å². The zero-order chi connectivity index (χ0) is 19.8. The van der Waals surface area contributed by atoms with Crippen molar-refractivity contribution in [2.75, 3.05) is 33.0 Å². The van der Waals surface area contributed by atoms with Gasteiger partial charge in [0.15, 0.2) is 11.5 Å². The van der Waals surface area contributed by atoms with E-state index in [0.717, 1.165) is 55.6 Å². The first-order chi connectivity index (χ1) is 14.1. The average Bonchev–Trinajstić information content (AvgIpc) is 3.34. The lowest BCUT2D eigenvalue weighted by Gasteiger charge is -2.34. The van der Waals surface area contributed by atoms with Crippen LogP contribution in [0.2, 0.25) is 0 Å². The molecule has 0 spiro atoms. The van der Waals surface area contributed by atoms with Gasteiger partial charge in [-0.05, 0) is 42.3 Å². The summed E-state index contributed by atoms with van der Waals surface area (Å²) in [6, 6.07) is 10.2. The smallest absolute Gasteiger partial charge is 0.231 e. The van der Waals surface area contributed by atoms with E-state index in [2.05, 4.69) is 16.0 Å². The number of carbonyl (C=O) groups is 1. The third kappa shape index (κ3) is 3.78. The molecule has 3 aromatic rings. The molecular weight excluding hydrogens is 368 g/mol. The first-order valence-electron chi connectivity index (χ1n) is 9.97. The minimum atomic E-state index is 0.146. The van der Waals surface area contributed by atoms with Crippen LogP contribution in [0.15, 0.2) is 42.7 Å². The van der Waals surface area contributed by atoms with Gasteiger partial charge in [0.2, 0.25) is 12.7 Å². The molecule has 150 valence electrons. The van der Waals surface area contributed by atoms with E-state index in [-0.39, 0.29) is 5.91 Å². The highest BCUT2D eigenvalue weighted by atomic mass is 16.7. The Morgan fingerprint density at radius 3 is 2.76 bits per heavy atom. The standard InChI is InChI=1S/C22H24N4O3/c1-16-4-5-26-14-18(23-21(26)10-16)12-22(27)25-8-6-24(7-9-25)13-17-2-3-19-20(11-17)29-15-28-19/h2-5,10-11,14H,6-9,12-13,15H2,1H3. The Labute approximate surface area is 169 Å². The number of aromatic nitrogens is 2. The summed E-state index contributed by atoms with van der Waals surface area (Å²) in [5.41, 5.74) is 4.08. The van der Waals surface area contributed by atoms with Crippen LogP contribution in [0.1, 0.15) is 16.8 Å². The van der Waals surface area contributed by atoms with Gasteiger partial charge in [0.1, 0.15) is 5.65 Å². The van der Waals surface area contributed by atoms with E-state index in [4.69, 9.17) is 9.47 Å². The minimum absolute atomic E-state index is 0.146. The average molecular weight is 392 g/mol. The van der Waals surface area contributed by atoms with Gasteiger partial charge in [-0.15, -0.1) is 0 Å². The summed E-state index contributed by atoms with van der Waals surface area (Å²) in [6.07, 6.45) is 4.28. The number of benzene rings is 1. The van der Waals surface area contributed by atoms with Crippen molar-refractivity contribution in [1.82, 2.24) is 19.2 Å². The molecule has 29 heavy (non-hydrogen) atoms. The Morgan fingerprint density at radius 2 is 1.90 bits per heavy atom. The van der Waals surface area contributed by atoms with Crippen LogP contribution in [-0.2, 0) is 17.8 Å². The summed E-state index contributed by atoms with van der Waals surface area (Å²) in [7, 11) is 0. The molecule has 0 radical (unpaired) electrons. The number of aryl methyl sites for hydroxylation is 1. The molecule has 1 amide bonds. The Bertz CT molecular complexity index is 1050. The van der Waals surface area contributed by atoms with Crippen molar-refractivity contribution in [3.63, 3.8) is 0 Å². The Kier molecular flexibility index (Phi) is 4.60. The van der Waals surface area contributed by atoms with E-state index >= 15 is 0 Å². The Morgan fingerprint density at radius 1 is 1.07 bits per heavy atom. The van der Waals surface area contributed by atoms with Gasteiger partial charge in [-0.1, -0.05) is 6.07 Å². The van der Waals surface area contributed by atoms with Crippen LogP contribution in [0.4, 0.5) is 0 Å². The maximum Gasteiger partial charge on any atom is 0.231 e. The normalized spacial score (nSPS) is 16.5. The van der Waals surface area contributed by atoms with Crippen LogP contribution >= 0.6 is 0 Å². The lowest BCUT2D eigenvalue weighted by atomic mass is 10.1. The molecule has 0 N–H and O–H groups in total. The van der Waals surface area contributed by atoms with Crippen molar-refractivity contribution < 1.29 is 14.3 Å². The van der Waals surface area contributed by atoms with Crippen LogP contribution in [-0.4, -0.2) is 58.1 Å². The number of rotatable bonds is 4. The largest absolute Gasteiger partial charge is 0.454 e. The summed E-state index contributed by atoms with van der Waals surface area (Å²) in [4.78, 5) is 21.6. The highest BCUT2D eigenvalue weighted by molar-refractivity contribution is 5.78. The second kappa shape index (κ2) is 7.40. The summed E-state index contributed by atoms with van der Waals surface area (Å²) in [6.45, 7) is 6.42. The number of imidazole rings is 1. The molecule has 0 atom stereocenters. The first-order valence-corrected chi connectivity index (χ1v) is 9.97. The molecule has 7 heteroatoms. The predicted molar refractivity (Wildman–Crippen MR) is 108 cm³/mol. The molecule has 0 bridgehead atoms. The molecule has 5 rings (SSSR count). The number of hydrogen-bond acceptors (Lipinski definition) is 5. The summed E-state index contributed by atoms with van der Waals surface area (Å²) in [5, 5.41) is 0. The van der Waals surface area contributed by atoms with Gasteiger partial charge in [0, 0.05) is 45.1 Å². The molecular formula is C22H24N4O3. The molecule has 1 fully saturated rings. The fourth-order valence-electron chi connectivity index (χ4n) is 3.94. The molecule has 7 nitrogen and oxygen atoms in total. The molecule has 2 aliphatic rings. The zero-order valence-electron chi connectivity index (χ0n) is 16.5. The maximum atomic E-state index is 12.7. The van der Waals surface area contributed by atoms with Crippen molar-refractivity contribution in [2.45, 2.75) is 19.9 Å². The van der Waals surface area contributed by atoms with Crippen LogP contribution in [0.3, 0.4) is 0 Å². The second-order valence-electron chi connectivity index (χ2n) is 7.72. The summed E-state index contributed by atoms with van der Waals surface area (Å²) < 4.78 is 12.8. The highest BCUT2D eigenvalue weighted by Crippen LogP contribution is 2.32. The van der Waals surface area contributed by atoms with Crippen LogP contribution in [0.25, 0.3) is 5.65 Å². The topological polar surface area (TPSA) is 59.3 Å². The van der Waals surface area contributed by atoms with E-state index in [9.17, 15) is 4.79 Å². The van der Waals surface area contributed by atoms with E-state index in [1.807, 2.05) is 52.9 Å². The predicted octanol–water partition coefficient (Wildman–Crippen LogP) is 2.26. The quantitative estimate of drug-likeness (QED) is 0.682. The lowest BCUT2D eigenvalue weighted by Crippen LogP contribution is -2.48. The van der Waals surface area contributed by atoms with Crippen LogP contribution in [0.5, 0.6) is 11.5 Å². The molecule has 0 unspecified atom stereocenters. The molecule has 1 saturated heterocycles. The number of piperazine rings is 1. The third-order valence-electron chi connectivity index (χ3n) is 5.57. The van der Waals surface area contributed by atoms with E-state index in [0.29, 0.717) is 13.2 Å². The summed E-state index contributed by atoms with van der Waals surface area (Å²) >= 11 is 0. The number of amides is 1. The number of carbonyl (C=O) groups excluding carboxylic acids is 1. The molecule has 2 aromatic heterocycles. The van der Waals surface area contributed by atoms with Crippen molar-refractivity contribution in [3.05, 3.63) is 59.5 Å². The van der Waals surface area contributed by atoms with Gasteiger partial charge >= 0.3 is 0 Å². The van der Waals surface area contributed by atoms with E-state index in [1.165, 1.54) is 11.1 Å². The molecule has 0 saturated carbocycles. The van der Waals surface area contributed by atoms with Crippen LogP contribution in [0, 0.1) is 6.92 Å². The lowest BCUT2D eigenvalue weighted by molar-refractivity contribution is -0.132. The number of pyridine rings is 1. The van der Waals surface area contributed by atoms with Gasteiger partial charge in [0.25, 0.3) is 0 Å². The van der Waals surface area contributed by atoms with Gasteiger partial charge in [0.05, 0.1) is 12.1 Å².